The topological polar surface area (TPSA) is 34.4 Å². The van der Waals surface area contributed by atoms with Crippen LogP contribution in [0.25, 0.3) is 10.9 Å². The van der Waals surface area contributed by atoms with E-state index in [0.29, 0.717) is 12.4 Å². The highest BCUT2D eigenvalue weighted by Gasteiger charge is 2.09. The summed E-state index contributed by atoms with van der Waals surface area (Å²) >= 11 is 0. The summed E-state index contributed by atoms with van der Waals surface area (Å²) in [6, 6.07) is 11.4. The molecule has 0 saturated carbocycles. The zero-order chi connectivity index (χ0) is 14.8. The van der Waals surface area contributed by atoms with Gasteiger partial charge in [0.1, 0.15) is 23.9 Å². The van der Waals surface area contributed by atoms with Crippen molar-refractivity contribution in [2.45, 2.75) is 20.1 Å². The monoisotopic (exact) mass is 285 g/mol. The van der Waals surface area contributed by atoms with Gasteiger partial charge in [0.2, 0.25) is 0 Å². The Kier molecular flexibility index (Phi) is 3.52. The Labute approximate surface area is 122 Å². The molecule has 3 nitrogen and oxygen atoms in total. The van der Waals surface area contributed by atoms with Crippen LogP contribution in [0.1, 0.15) is 12.5 Å². The van der Waals surface area contributed by atoms with Crippen molar-refractivity contribution in [2.75, 3.05) is 0 Å². The Morgan fingerprint density at radius 2 is 2.05 bits per heavy atom. The molecule has 0 aliphatic rings. The van der Waals surface area contributed by atoms with E-state index in [0.717, 1.165) is 23.0 Å². The molecule has 21 heavy (non-hydrogen) atoms. The number of benzene rings is 2. The molecule has 4 heteroatoms. The Bertz CT molecular complexity index is 780. The van der Waals surface area contributed by atoms with Gasteiger partial charge in [-0.3, -0.25) is 0 Å². The van der Waals surface area contributed by atoms with Crippen molar-refractivity contribution in [3.8, 4) is 11.5 Å². The molecule has 2 aromatic carbocycles. The summed E-state index contributed by atoms with van der Waals surface area (Å²) in [6.07, 6.45) is 2.00. The fourth-order valence-corrected chi connectivity index (χ4v) is 2.45. The van der Waals surface area contributed by atoms with Gasteiger partial charge in [-0.15, -0.1) is 0 Å². The number of halogens is 1. The zero-order valence-corrected chi connectivity index (χ0v) is 11.7. The Morgan fingerprint density at radius 1 is 1.19 bits per heavy atom. The van der Waals surface area contributed by atoms with Crippen LogP contribution in [-0.2, 0) is 13.2 Å². The number of aromatic nitrogens is 1. The van der Waals surface area contributed by atoms with Gasteiger partial charge in [-0.25, -0.2) is 4.39 Å². The minimum Gasteiger partial charge on any atom is -0.508 e. The predicted molar refractivity (Wildman–Crippen MR) is 80.0 cm³/mol. The number of hydrogen-bond donors (Lipinski definition) is 1. The second-order valence-corrected chi connectivity index (χ2v) is 4.89. The maximum absolute atomic E-state index is 13.1. The van der Waals surface area contributed by atoms with Crippen LogP contribution < -0.4 is 4.74 Å². The predicted octanol–water partition coefficient (Wildman–Crippen LogP) is 4.08. The summed E-state index contributed by atoms with van der Waals surface area (Å²) in [7, 11) is 0. The molecule has 0 aliphatic carbocycles. The van der Waals surface area contributed by atoms with Crippen LogP contribution in [0.15, 0.2) is 48.7 Å². The van der Waals surface area contributed by atoms with Gasteiger partial charge in [-0.05, 0) is 31.2 Å². The fraction of sp³-hybridized carbons (Fsp3) is 0.176. The minimum atomic E-state index is -0.312. The first kappa shape index (κ1) is 13.5. The lowest BCUT2D eigenvalue weighted by molar-refractivity contribution is 0.305. The van der Waals surface area contributed by atoms with E-state index >= 15 is 0 Å². The summed E-state index contributed by atoms with van der Waals surface area (Å²) in [5.41, 5.74) is 1.98. The molecule has 0 unspecified atom stereocenters. The maximum Gasteiger partial charge on any atom is 0.126 e. The van der Waals surface area contributed by atoms with Gasteiger partial charge in [0, 0.05) is 35.8 Å². The van der Waals surface area contributed by atoms with E-state index in [1.165, 1.54) is 12.1 Å². The van der Waals surface area contributed by atoms with Gasteiger partial charge in [0.25, 0.3) is 0 Å². The van der Waals surface area contributed by atoms with Gasteiger partial charge in [0.15, 0.2) is 0 Å². The lowest BCUT2D eigenvalue weighted by Crippen LogP contribution is -1.95. The van der Waals surface area contributed by atoms with Gasteiger partial charge in [-0.2, -0.15) is 0 Å². The number of hydrogen-bond acceptors (Lipinski definition) is 2. The summed E-state index contributed by atoms with van der Waals surface area (Å²) < 4.78 is 20.8. The van der Waals surface area contributed by atoms with Gasteiger partial charge in [0.05, 0.1) is 5.52 Å². The molecule has 1 heterocycles. The minimum absolute atomic E-state index is 0.243. The van der Waals surface area contributed by atoms with Crippen LogP contribution in [0.2, 0.25) is 0 Å². The molecule has 108 valence electrons. The molecular weight excluding hydrogens is 269 g/mol. The van der Waals surface area contributed by atoms with Gasteiger partial charge in [-0.1, -0.05) is 6.07 Å². The van der Waals surface area contributed by atoms with E-state index < -0.39 is 0 Å². The van der Waals surface area contributed by atoms with E-state index in [1.54, 1.807) is 24.3 Å². The van der Waals surface area contributed by atoms with Crippen LogP contribution in [0.5, 0.6) is 11.5 Å². The highest BCUT2D eigenvalue weighted by atomic mass is 19.1. The molecule has 0 fully saturated rings. The first-order valence-corrected chi connectivity index (χ1v) is 6.86. The van der Waals surface area contributed by atoms with Gasteiger partial charge >= 0.3 is 0 Å². The number of aromatic hydroxyl groups is 1. The first-order chi connectivity index (χ1) is 10.2. The van der Waals surface area contributed by atoms with Crippen molar-refractivity contribution in [1.29, 1.82) is 0 Å². The first-order valence-electron chi connectivity index (χ1n) is 6.86. The maximum atomic E-state index is 13.1. The van der Waals surface area contributed by atoms with Crippen LogP contribution >= 0.6 is 0 Å². The molecule has 0 spiro atoms. The van der Waals surface area contributed by atoms with E-state index in [1.807, 2.05) is 19.2 Å². The standard InChI is InChI=1S/C17H16FNO2/c1-2-19-10-12(16-7-6-14(20)9-17(16)19)11-21-15-5-3-4-13(18)8-15/h3-10,20H,2,11H2,1H3. The quantitative estimate of drug-likeness (QED) is 0.783. The molecule has 1 N–H and O–H groups in total. The van der Waals surface area contributed by atoms with Crippen molar-refractivity contribution < 1.29 is 14.2 Å². The summed E-state index contributed by atoms with van der Waals surface area (Å²) in [6.45, 7) is 3.21. The Balaban J connectivity index is 1.90. The number of phenolic OH excluding ortho intramolecular Hbond substituents is 1. The zero-order valence-electron chi connectivity index (χ0n) is 11.7. The normalized spacial score (nSPS) is 11.0. The van der Waals surface area contributed by atoms with E-state index in [2.05, 4.69) is 4.57 Å². The van der Waals surface area contributed by atoms with Crippen molar-refractivity contribution >= 4 is 10.9 Å². The summed E-state index contributed by atoms with van der Waals surface area (Å²) in [4.78, 5) is 0. The van der Waals surface area contributed by atoms with E-state index in [9.17, 15) is 9.50 Å². The van der Waals surface area contributed by atoms with Crippen LogP contribution in [-0.4, -0.2) is 9.67 Å². The summed E-state index contributed by atoms with van der Waals surface area (Å²) in [5, 5.41) is 10.6. The largest absolute Gasteiger partial charge is 0.508 e. The molecule has 0 amide bonds. The molecule has 0 aliphatic heterocycles. The number of ether oxygens (including phenoxy) is 1. The van der Waals surface area contributed by atoms with Crippen molar-refractivity contribution in [1.82, 2.24) is 4.57 Å². The molecule has 3 rings (SSSR count). The summed E-state index contributed by atoms with van der Waals surface area (Å²) in [5.74, 6) is 0.437. The van der Waals surface area contributed by atoms with Crippen LogP contribution in [0.4, 0.5) is 4.39 Å². The molecule has 0 saturated heterocycles. The number of phenols is 1. The molecule has 0 atom stereocenters. The SMILES string of the molecule is CCn1cc(COc2cccc(F)c2)c2ccc(O)cc21. The molecule has 0 radical (unpaired) electrons. The number of rotatable bonds is 4. The van der Waals surface area contributed by atoms with E-state index in [-0.39, 0.29) is 11.6 Å². The molecule has 1 aromatic heterocycles. The highest BCUT2D eigenvalue weighted by molar-refractivity contribution is 5.85. The molecular formula is C17H16FNO2. The van der Waals surface area contributed by atoms with Crippen LogP contribution in [0, 0.1) is 5.82 Å². The molecule has 0 bridgehead atoms. The van der Waals surface area contributed by atoms with Crippen LogP contribution in [0.3, 0.4) is 0 Å². The Hall–Kier alpha value is -2.49. The number of fused-ring (bicyclic) bond motifs is 1. The fourth-order valence-electron chi connectivity index (χ4n) is 2.45. The average Bonchev–Trinajstić information content (AvgIpc) is 2.82. The second-order valence-electron chi connectivity index (χ2n) is 4.89. The second kappa shape index (κ2) is 5.48. The van der Waals surface area contributed by atoms with E-state index in [4.69, 9.17) is 4.74 Å². The number of aryl methyl sites for hydroxylation is 1. The lowest BCUT2D eigenvalue weighted by Gasteiger charge is -2.05. The third kappa shape index (κ3) is 2.70. The smallest absolute Gasteiger partial charge is 0.126 e. The van der Waals surface area contributed by atoms with Crippen molar-refractivity contribution in [3.05, 3.63) is 60.0 Å². The lowest BCUT2D eigenvalue weighted by atomic mass is 10.2. The third-order valence-corrected chi connectivity index (χ3v) is 3.48. The van der Waals surface area contributed by atoms with Gasteiger partial charge < -0.3 is 14.4 Å². The highest BCUT2D eigenvalue weighted by Crippen LogP contribution is 2.26. The molecule has 3 aromatic rings. The van der Waals surface area contributed by atoms with Crippen molar-refractivity contribution in [3.63, 3.8) is 0 Å². The third-order valence-electron chi connectivity index (χ3n) is 3.48. The number of nitrogens with zero attached hydrogens (tertiary/aromatic N) is 1. The Morgan fingerprint density at radius 3 is 2.81 bits per heavy atom. The van der Waals surface area contributed by atoms with Crippen molar-refractivity contribution in [2.24, 2.45) is 0 Å². The average molecular weight is 285 g/mol.